The Kier molecular flexibility index (Phi) is 6.47. The molecule has 134 valence electrons. The number of carbonyl (C=O) groups is 1. The number of methoxy groups -OCH3 is 1. The zero-order chi connectivity index (χ0) is 17.6. The molecule has 1 fully saturated rings. The summed E-state index contributed by atoms with van der Waals surface area (Å²) in [6, 6.07) is 8.34. The van der Waals surface area contributed by atoms with Crippen LogP contribution in [0.3, 0.4) is 0 Å². The van der Waals surface area contributed by atoms with Gasteiger partial charge in [-0.2, -0.15) is 0 Å². The Labute approximate surface area is 159 Å². The molecular weight excluding hydrogens is 406 g/mol. The highest BCUT2D eigenvalue weighted by molar-refractivity contribution is 9.10. The minimum Gasteiger partial charge on any atom is -0.486 e. The fourth-order valence-electron chi connectivity index (χ4n) is 2.68. The number of ether oxygens (including phenoxy) is 3. The van der Waals surface area contributed by atoms with E-state index in [2.05, 4.69) is 33.0 Å². The molecule has 0 saturated carbocycles. The maximum Gasteiger partial charge on any atom is 0.351 e. The van der Waals surface area contributed by atoms with Crippen molar-refractivity contribution in [3.63, 3.8) is 0 Å². The van der Waals surface area contributed by atoms with Crippen LogP contribution in [0.1, 0.15) is 20.8 Å². The summed E-state index contributed by atoms with van der Waals surface area (Å²) < 4.78 is 16.8. The molecule has 1 aromatic carbocycles. The van der Waals surface area contributed by atoms with Crippen LogP contribution in [0.2, 0.25) is 0 Å². The second-order valence-corrected chi connectivity index (χ2v) is 7.46. The Morgan fingerprint density at radius 2 is 2.08 bits per heavy atom. The second kappa shape index (κ2) is 8.80. The van der Waals surface area contributed by atoms with Crippen molar-refractivity contribution in [2.24, 2.45) is 0 Å². The van der Waals surface area contributed by atoms with Gasteiger partial charge in [-0.1, -0.05) is 24.3 Å². The lowest BCUT2D eigenvalue weighted by Crippen LogP contribution is -2.35. The van der Waals surface area contributed by atoms with Crippen molar-refractivity contribution < 1.29 is 19.0 Å². The zero-order valence-corrected chi connectivity index (χ0v) is 16.4. The molecule has 0 N–H and O–H groups in total. The van der Waals surface area contributed by atoms with Crippen LogP contribution in [0.25, 0.3) is 0 Å². The molecule has 1 aliphatic heterocycles. The van der Waals surface area contributed by atoms with Gasteiger partial charge in [0.1, 0.15) is 6.61 Å². The number of thiophene rings is 1. The fourth-order valence-corrected chi connectivity index (χ4v) is 4.19. The third kappa shape index (κ3) is 4.82. The second-order valence-electron chi connectivity index (χ2n) is 5.73. The van der Waals surface area contributed by atoms with E-state index >= 15 is 0 Å². The Morgan fingerprint density at radius 1 is 1.32 bits per heavy atom. The Bertz CT molecular complexity index is 728. The lowest BCUT2D eigenvalue weighted by Gasteiger charge is -2.26. The maximum absolute atomic E-state index is 11.8. The van der Waals surface area contributed by atoms with Crippen LogP contribution in [0.5, 0.6) is 5.75 Å². The van der Waals surface area contributed by atoms with Crippen LogP contribution in [0, 0.1) is 0 Å². The van der Waals surface area contributed by atoms with Gasteiger partial charge in [0.25, 0.3) is 0 Å². The molecule has 0 radical (unpaired) electrons. The molecule has 0 spiro atoms. The maximum atomic E-state index is 11.8. The van der Waals surface area contributed by atoms with E-state index in [0.717, 1.165) is 42.9 Å². The fraction of sp³-hybridized carbons (Fsp3) is 0.389. The average molecular weight is 426 g/mol. The molecule has 7 heteroatoms. The number of hydrogen-bond acceptors (Lipinski definition) is 6. The van der Waals surface area contributed by atoms with Crippen LogP contribution < -0.4 is 4.74 Å². The predicted octanol–water partition coefficient (Wildman–Crippen LogP) is 3.71. The molecule has 2 heterocycles. The van der Waals surface area contributed by atoms with Crippen LogP contribution in [0.4, 0.5) is 0 Å². The molecule has 0 amide bonds. The third-order valence-electron chi connectivity index (χ3n) is 3.96. The SMILES string of the molecule is COC(=O)c1scc(Br)c1OCc1cccc(CN2CCOCC2)c1. The predicted molar refractivity (Wildman–Crippen MR) is 100 cm³/mol. The largest absolute Gasteiger partial charge is 0.486 e. The molecule has 25 heavy (non-hydrogen) atoms. The van der Waals surface area contributed by atoms with Gasteiger partial charge in [0.05, 0.1) is 24.8 Å². The van der Waals surface area contributed by atoms with Crippen LogP contribution >= 0.6 is 27.3 Å². The van der Waals surface area contributed by atoms with Crippen molar-refractivity contribution in [1.82, 2.24) is 4.90 Å². The van der Waals surface area contributed by atoms with Crippen molar-refractivity contribution in [1.29, 1.82) is 0 Å². The molecule has 1 saturated heterocycles. The van der Waals surface area contributed by atoms with Crippen molar-refractivity contribution >= 4 is 33.2 Å². The van der Waals surface area contributed by atoms with Crippen molar-refractivity contribution in [2.45, 2.75) is 13.2 Å². The number of benzene rings is 1. The third-order valence-corrected chi connectivity index (χ3v) is 5.79. The quantitative estimate of drug-likeness (QED) is 0.660. The van der Waals surface area contributed by atoms with Gasteiger partial charge < -0.3 is 14.2 Å². The molecule has 0 atom stereocenters. The van der Waals surface area contributed by atoms with Crippen LogP contribution in [-0.2, 0) is 22.6 Å². The number of nitrogens with zero attached hydrogens (tertiary/aromatic N) is 1. The van der Waals surface area contributed by atoms with E-state index in [4.69, 9.17) is 14.2 Å². The van der Waals surface area contributed by atoms with Crippen molar-refractivity contribution in [2.75, 3.05) is 33.4 Å². The first kappa shape index (κ1) is 18.4. The van der Waals surface area contributed by atoms with Gasteiger partial charge in [-0.25, -0.2) is 4.79 Å². The van der Waals surface area contributed by atoms with Crippen LogP contribution in [0.15, 0.2) is 34.1 Å². The lowest BCUT2D eigenvalue weighted by molar-refractivity contribution is 0.0341. The summed E-state index contributed by atoms with van der Waals surface area (Å²) in [5, 5.41) is 1.83. The average Bonchev–Trinajstić information content (AvgIpc) is 3.01. The molecule has 0 unspecified atom stereocenters. The number of halogens is 1. The molecule has 3 rings (SSSR count). The molecule has 0 bridgehead atoms. The summed E-state index contributed by atoms with van der Waals surface area (Å²) in [4.78, 5) is 14.7. The summed E-state index contributed by atoms with van der Waals surface area (Å²) in [5.74, 6) is 0.155. The van der Waals surface area contributed by atoms with Gasteiger partial charge in [0, 0.05) is 25.0 Å². The van der Waals surface area contributed by atoms with E-state index in [1.165, 1.54) is 24.0 Å². The Balaban J connectivity index is 1.65. The molecular formula is C18H20BrNO4S. The lowest BCUT2D eigenvalue weighted by atomic mass is 10.1. The van der Waals surface area contributed by atoms with Crippen LogP contribution in [-0.4, -0.2) is 44.3 Å². The number of rotatable bonds is 6. The summed E-state index contributed by atoms with van der Waals surface area (Å²) >= 11 is 4.73. The minimum absolute atomic E-state index is 0.383. The van der Waals surface area contributed by atoms with E-state index in [1.807, 2.05) is 17.5 Å². The Hall–Kier alpha value is -1.41. The summed E-state index contributed by atoms with van der Waals surface area (Å²) in [7, 11) is 1.37. The number of hydrogen-bond donors (Lipinski definition) is 0. The monoisotopic (exact) mass is 425 g/mol. The minimum atomic E-state index is -0.383. The zero-order valence-electron chi connectivity index (χ0n) is 14.0. The smallest absolute Gasteiger partial charge is 0.351 e. The van der Waals surface area contributed by atoms with E-state index in [0.29, 0.717) is 17.2 Å². The summed E-state index contributed by atoms with van der Waals surface area (Å²) in [6.07, 6.45) is 0. The first-order valence-electron chi connectivity index (χ1n) is 8.03. The summed E-state index contributed by atoms with van der Waals surface area (Å²) in [6.45, 7) is 4.83. The van der Waals surface area contributed by atoms with E-state index < -0.39 is 0 Å². The Morgan fingerprint density at radius 3 is 2.84 bits per heavy atom. The van der Waals surface area contributed by atoms with Gasteiger partial charge in [-0.15, -0.1) is 11.3 Å². The van der Waals surface area contributed by atoms with E-state index in [9.17, 15) is 4.79 Å². The van der Waals surface area contributed by atoms with Crippen molar-refractivity contribution in [3.05, 3.63) is 50.1 Å². The molecule has 2 aromatic rings. The molecule has 5 nitrogen and oxygen atoms in total. The topological polar surface area (TPSA) is 48.0 Å². The van der Waals surface area contributed by atoms with E-state index in [-0.39, 0.29) is 5.97 Å². The molecule has 1 aliphatic rings. The van der Waals surface area contributed by atoms with Gasteiger partial charge >= 0.3 is 5.97 Å². The highest BCUT2D eigenvalue weighted by atomic mass is 79.9. The van der Waals surface area contributed by atoms with Gasteiger partial charge in [0.15, 0.2) is 10.6 Å². The highest BCUT2D eigenvalue weighted by Crippen LogP contribution is 2.36. The van der Waals surface area contributed by atoms with Gasteiger partial charge in [0.2, 0.25) is 0 Å². The first-order valence-corrected chi connectivity index (χ1v) is 9.70. The first-order chi connectivity index (χ1) is 12.2. The normalized spacial score (nSPS) is 15.1. The van der Waals surface area contributed by atoms with Gasteiger partial charge in [-0.05, 0) is 27.1 Å². The number of carbonyl (C=O) groups excluding carboxylic acids is 1. The highest BCUT2D eigenvalue weighted by Gasteiger charge is 2.19. The standard InChI is InChI=1S/C18H20BrNO4S/c1-22-18(21)17-16(15(19)12-25-17)24-11-14-4-2-3-13(9-14)10-20-5-7-23-8-6-20/h2-4,9,12H,5-8,10-11H2,1H3. The van der Waals surface area contributed by atoms with Gasteiger partial charge in [-0.3, -0.25) is 4.90 Å². The molecule has 0 aliphatic carbocycles. The summed E-state index contributed by atoms with van der Waals surface area (Å²) in [5.41, 5.74) is 2.32. The van der Waals surface area contributed by atoms with Crippen molar-refractivity contribution in [3.8, 4) is 5.75 Å². The molecule has 1 aromatic heterocycles. The number of esters is 1. The number of morpholine rings is 1. The van der Waals surface area contributed by atoms with E-state index in [1.54, 1.807) is 0 Å².